The van der Waals surface area contributed by atoms with Crippen LogP contribution in [0.25, 0.3) is 0 Å². The van der Waals surface area contributed by atoms with E-state index in [1.165, 1.54) is 0 Å². The Morgan fingerprint density at radius 1 is 1.25 bits per heavy atom. The average Bonchev–Trinajstić information content (AvgIpc) is 2.44. The third kappa shape index (κ3) is 4.46. The summed E-state index contributed by atoms with van der Waals surface area (Å²) in [6.45, 7) is 11.3. The molecule has 0 aliphatic carbocycles. The van der Waals surface area contributed by atoms with E-state index in [0.29, 0.717) is 5.92 Å². The zero-order valence-electron chi connectivity index (χ0n) is 13.2. The molecule has 0 aliphatic heterocycles. The maximum atomic E-state index is 6.28. The van der Waals surface area contributed by atoms with Gasteiger partial charge in [0.05, 0.1) is 6.61 Å². The van der Waals surface area contributed by atoms with E-state index >= 15 is 0 Å². The minimum atomic E-state index is 0.290. The van der Waals surface area contributed by atoms with Crippen LogP contribution in [0.3, 0.4) is 0 Å². The standard InChI is InChI=1S/C18H25ClO/c1-6-8-9-13(3)15(5)16-12-17(19)14(4)11-18(16)20-10-7-2/h11-13,15H,6-7,10H2,1-5H3. The van der Waals surface area contributed by atoms with Crippen molar-refractivity contribution >= 4 is 11.6 Å². The summed E-state index contributed by atoms with van der Waals surface area (Å²) in [6.07, 6.45) is 1.89. The molecule has 0 N–H and O–H groups in total. The molecule has 1 rings (SSSR count). The van der Waals surface area contributed by atoms with Crippen LogP contribution in [0.5, 0.6) is 5.75 Å². The number of halogens is 1. The molecule has 0 saturated carbocycles. The maximum absolute atomic E-state index is 6.28. The Kier molecular flexibility index (Phi) is 6.96. The Labute approximate surface area is 128 Å². The molecule has 0 amide bonds. The van der Waals surface area contributed by atoms with E-state index < -0.39 is 0 Å². The third-order valence-corrected chi connectivity index (χ3v) is 3.91. The second-order valence-electron chi connectivity index (χ2n) is 5.24. The van der Waals surface area contributed by atoms with Crippen molar-refractivity contribution in [2.75, 3.05) is 6.61 Å². The van der Waals surface area contributed by atoms with Gasteiger partial charge >= 0.3 is 0 Å². The van der Waals surface area contributed by atoms with Crippen LogP contribution in [0.1, 0.15) is 57.6 Å². The fourth-order valence-corrected chi connectivity index (χ4v) is 2.19. The second-order valence-corrected chi connectivity index (χ2v) is 5.65. The van der Waals surface area contributed by atoms with Gasteiger partial charge in [-0.15, -0.1) is 5.92 Å². The summed E-state index contributed by atoms with van der Waals surface area (Å²) in [5.41, 5.74) is 2.22. The summed E-state index contributed by atoms with van der Waals surface area (Å²) in [5, 5.41) is 0.798. The van der Waals surface area contributed by atoms with Crippen LogP contribution < -0.4 is 4.74 Å². The normalized spacial score (nSPS) is 13.3. The van der Waals surface area contributed by atoms with E-state index in [9.17, 15) is 0 Å². The van der Waals surface area contributed by atoms with E-state index in [4.69, 9.17) is 16.3 Å². The molecule has 2 unspecified atom stereocenters. The molecule has 1 nitrogen and oxygen atoms in total. The number of hydrogen-bond donors (Lipinski definition) is 0. The van der Waals surface area contributed by atoms with Crippen molar-refractivity contribution in [3.8, 4) is 17.6 Å². The average molecular weight is 293 g/mol. The predicted octanol–water partition coefficient (Wildman–Crippen LogP) is 5.59. The summed E-state index contributed by atoms with van der Waals surface area (Å²) < 4.78 is 5.89. The lowest BCUT2D eigenvalue weighted by molar-refractivity contribution is 0.311. The Bertz CT molecular complexity index is 496. The van der Waals surface area contributed by atoms with Crippen LogP contribution >= 0.6 is 11.6 Å². The molecule has 110 valence electrons. The molecule has 20 heavy (non-hydrogen) atoms. The van der Waals surface area contributed by atoms with Gasteiger partial charge in [0.1, 0.15) is 5.75 Å². The van der Waals surface area contributed by atoms with Gasteiger partial charge in [-0.1, -0.05) is 45.2 Å². The Hall–Kier alpha value is -1.13. The SMILES string of the molecule is CCC#CC(C)C(C)c1cc(Cl)c(C)cc1OCCC. The van der Waals surface area contributed by atoms with E-state index in [1.807, 2.05) is 19.1 Å². The molecule has 0 saturated heterocycles. The molecule has 1 aromatic carbocycles. The number of benzene rings is 1. The van der Waals surface area contributed by atoms with Gasteiger partial charge < -0.3 is 4.74 Å². The van der Waals surface area contributed by atoms with Crippen molar-refractivity contribution in [3.05, 3.63) is 28.3 Å². The number of ether oxygens (including phenoxy) is 1. The van der Waals surface area contributed by atoms with Crippen molar-refractivity contribution < 1.29 is 4.74 Å². The van der Waals surface area contributed by atoms with Gasteiger partial charge in [0, 0.05) is 17.4 Å². The summed E-state index contributed by atoms with van der Waals surface area (Å²) in [4.78, 5) is 0. The predicted molar refractivity (Wildman–Crippen MR) is 87.6 cm³/mol. The Balaban J connectivity index is 3.10. The third-order valence-electron chi connectivity index (χ3n) is 3.50. The van der Waals surface area contributed by atoms with Crippen LogP contribution in [-0.2, 0) is 0 Å². The molecule has 2 heteroatoms. The highest BCUT2D eigenvalue weighted by Gasteiger charge is 2.18. The highest BCUT2D eigenvalue weighted by atomic mass is 35.5. The molecule has 2 atom stereocenters. The first-order chi connectivity index (χ1) is 9.51. The Morgan fingerprint density at radius 2 is 1.95 bits per heavy atom. The largest absolute Gasteiger partial charge is 0.493 e. The quantitative estimate of drug-likeness (QED) is 0.643. The lowest BCUT2D eigenvalue weighted by Crippen LogP contribution is -2.08. The van der Waals surface area contributed by atoms with Crippen LogP contribution in [0, 0.1) is 24.7 Å². The number of aryl methyl sites for hydroxylation is 1. The first-order valence-corrected chi connectivity index (χ1v) is 7.80. The van der Waals surface area contributed by atoms with Crippen molar-refractivity contribution in [1.82, 2.24) is 0 Å². The molecule has 0 aromatic heterocycles. The second kappa shape index (κ2) is 8.22. The first-order valence-electron chi connectivity index (χ1n) is 7.42. The van der Waals surface area contributed by atoms with Gasteiger partial charge in [-0.05, 0) is 42.5 Å². The molecular weight excluding hydrogens is 268 g/mol. The molecule has 0 aliphatic rings. The lowest BCUT2D eigenvalue weighted by atomic mass is 9.88. The van der Waals surface area contributed by atoms with Gasteiger partial charge in [0.25, 0.3) is 0 Å². The molecule has 0 radical (unpaired) electrons. The fourth-order valence-electron chi connectivity index (χ4n) is 2.02. The van der Waals surface area contributed by atoms with Gasteiger partial charge in [0.15, 0.2) is 0 Å². The molecular formula is C18H25ClO. The first kappa shape index (κ1) is 16.9. The zero-order valence-corrected chi connectivity index (χ0v) is 14.0. The Morgan fingerprint density at radius 3 is 2.55 bits per heavy atom. The monoisotopic (exact) mass is 292 g/mol. The summed E-state index contributed by atoms with van der Waals surface area (Å²) in [5.74, 6) is 8.01. The topological polar surface area (TPSA) is 9.23 Å². The zero-order chi connectivity index (χ0) is 15.1. The van der Waals surface area contributed by atoms with Gasteiger partial charge in [0.2, 0.25) is 0 Å². The van der Waals surface area contributed by atoms with E-state index in [0.717, 1.165) is 41.3 Å². The van der Waals surface area contributed by atoms with Crippen LogP contribution in [0.15, 0.2) is 12.1 Å². The summed E-state index contributed by atoms with van der Waals surface area (Å²) >= 11 is 6.28. The highest BCUT2D eigenvalue weighted by Crippen LogP contribution is 2.35. The summed E-state index contributed by atoms with van der Waals surface area (Å²) in [6, 6.07) is 4.08. The van der Waals surface area contributed by atoms with E-state index in [-0.39, 0.29) is 5.92 Å². The molecule has 0 spiro atoms. The van der Waals surface area contributed by atoms with Crippen LogP contribution in [0.2, 0.25) is 5.02 Å². The molecule has 0 fully saturated rings. The molecule has 0 bridgehead atoms. The van der Waals surface area contributed by atoms with Gasteiger partial charge in [-0.3, -0.25) is 0 Å². The van der Waals surface area contributed by atoms with Gasteiger partial charge in [-0.25, -0.2) is 0 Å². The minimum Gasteiger partial charge on any atom is -0.493 e. The van der Waals surface area contributed by atoms with Gasteiger partial charge in [-0.2, -0.15) is 0 Å². The fraction of sp³-hybridized carbons (Fsp3) is 0.556. The summed E-state index contributed by atoms with van der Waals surface area (Å²) in [7, 11) is 0. The lowest BCUT2D eigenvalue weighted by Gasteiger charge is -2.20. The molecule has 0 heterocycles. The van der Waals surface area contributed by atoms with Crippen molar-refractivity contribution in [2.45, 2.75) is 53.4 Å². The molecule has 1 aromatic rings. The maximum Gasteiger partial charge on any atom is 0.123 e. The van der Waals surface area contributed by atoms with Crippen LogP contribution in [-0.4, -0.2) is 6.61 Å². The van der Waals surface area contributed by atoms with Crippen molar-refractivity contribution in [3.63, 3.8) is 0 Å². The van der Waals surface area contributed by atoms with Crippen LogP contribution in [0.4, 0.5) is 0 Å². The number of hydrogen-bond acceptors (Lipinski definition) is 1. The smallest absolute Gasteiger partial charge is 0.123 e. The van der Waals surface area contributed by atoms with E-state index in [2.05, 4.69) is 39.5 Å². The highest BCUT2D eigenvalue weighted by molar-refractivity contribution is 6.31. The van der Waals surface area contributed by atoms with Crippen molar-refractivity contribution in [1.29, 1.82) is 0 Å². The van der Waals surface area contributed by atoms with E-state index in [1.54, 1.807) is 0 Å². The minimum absolute atomic E-state index is 0.290. The van der Waals surface area contributed by atoms with Crippen molar-refractivity contribution in [2.24, 2.45) is 5.92 Å². The number of rotatable bonds is 5.